The lowest BCUT2D eigenvalue weighted by Crippen LogP contribution is -2.20. The molecule has 21 heavy (non-hydrogen) atoms. The maximum Gasteiger partial charge on any atom is 0.573 e. The first-order valence-corrected chi connectivity index (χ1v) is 7.01. The van der Waals surface area contributed by atoms with Crippen molar-refractivity contribution in [2.45, 2.75) is 12.4 Å². The summed E-state index contributed by atoms with van der Waals surface area (Å²) in [4.78, 5) is 0. The van der Waals surface area contributed by atoms with Crippen molar-refractivity contribution >= 4 is 27.5 Å². The van der Waals surface area contributed by atoms with Gasteiger partial charge in [-0.15, -0.1) is 13.2 Å². The summed E-state index contributed by atoms with van der Waals surface area (Å²) in [5.41, 5.74) is 6.76. The lowest BCUT2D eigenvalue weighted by molar-refractivity contribution is -0.274. The molecule has 1 unspecified atom stereocenters. The van der Waals surface area contributed by atoms with Crippen molar-refractivity contribution in [2.24, 2.45) is 5.73 Å². The number of nitrogens with two attached hydrogens (primary N) is 1. The normalized spacial score (nSPS) is 13.0. The van der Waals surface area contributed by atoms with Gasteiger partial charge in [-0.3, -0.25) is 0 Å². The van der Waals surface area contributed by atoms with E-state index in [0.29, 0.717) is 15.1 Å². The van der Waals surface area contributed by atoms with E-state index >= 15 is 0 Å². The zero-order valence-corrected chi connectivity index (χ0v) is 12.8. The molecule has 0 spiro atoms. The zero-order chi connectivity index (χ0) is 15.6. The predicted octanol–water partition coefficient (Wildman–Crippen LogP) is 5.05. The van der Waals surface area contributed by atoms with E-state index in [1.54, 1.807) is 24.3 Å². The van der Waals surface area contributed by atoms with Crippen LogP contribution in [0, 0.1) is 0 Å². The maximum atomic E-state index is 12.4. The van der Waals surface area contributed by atoms with Crippen molar-refractivity contribution in [2.75, 3.05) is 0 Å². The molecular weight excluding hydrogens is 371 g/mol. The number of alkyl halides is 3. The van der Waals surface area contributed by atoms with Gasteiger partial charge in [-0.05, 0) is 33.6 Å². The summed E-state index contributed by atoms with van der Waals surface area (Å²) < 4.78 is 41.9. The van der Waals surface area contributed by atoms with Gasteiger partial charge in [0.05, 0.1) is 11.1 Å². The summed E-state index contributed by atoms with van der Waals surface area (Å²) >= 11 is 9.39. The summed E-state index contributed by atoms with van der Waals surface area (Å²) in [5.74, 6) is -0.339. The van der Waals surface area contributed by atoms with E-state index in [4.69, 9.17) is 17.3 Å². The predicted molar refractivity (Wildman–Crippen MR) is 78.3 cm³/mol. The van der Waals surface area contributed by atoms with Gasteiger partial charge in [0.25, 0.3) is 0 Å². The van der Waals surface area contributed by atoms with Gasteiger partial charge in [0.15, 0.2) is 0 Å². The molecule has 2 N–H and O–H groups in total. The lowest BCUT2D eigenvalue weighted by Gasteiger charge is -2.19. The SMILES string of the molecule is NC(c1ccccc1OC(F)(F)F)c1cccc(Br)c1Cl. The molecule has 7 heteroatoms. The highest BCUT2D eigenvalue weighted by atomic mass is 79.9. The van der Waals surface area contributed by atoms with Crippen LogP contribution in [0.15, 0.2) is 46.9 Å². The molecule has 2 aromatic carbocycles. The Hall–Kier alpha value is -1.24. The third-order valence-corrected chi connectivity index (χ3v) is 4.11. The Morgan fingerprint density at radius 3 is 2.33 bits per heavy atom. The third-order valence-electron chi connectivity index (χ3n) is 2.80. The number of ether oxygens (including phenoxy) is 1. The fourth-order valence-corrected chi connectivity index (χ4v) is 2.51. The molecule has 0 aliphatic rings. The van der Waals surface area contributed by atoms with E-state index in [0.717, 1.165) is 0 Å². The van der Waals surface area contributed by atoms with Crippen LogP contribution in [-0.2, 0) is 0 Å². The van der Waals surface area contributed by atoms with Gasteiger partial charge in [0.1, 0.15) is 5.75 Å². The van der Waals surface area contributed by atoms with Gasteiger partial charge < -0.3 is 10.5 Å². The average Bonchev–Trinajstić information content (AvgIpc) is 2.40. The highest BCUT2D eigenvalue weighted by Crippen LogP contribution is 2.36. The van der Waals surface area contributed by atoms with E-state index in [2.05, 4.69) is 20.7 Å². The molecular formula is C14H10BrClF3NO. The third kappa shape index (κ3) is 3.90. The Balaban J connectivity index is 2.44. The Morgan fingerprint density at radius 1 is 1.05 bits per heavy atom. The Kier molecular flexibility index (Phi) is 4.81. The molecule has 2 nitrogen and oxygen atoms in total. The first-order chi connectivity index (χ1) is 9.79. The molecule has 0 fully saturated rings. The van der Waals surface area contributed by atoms with Crippen LogP contribution in [0.1, 0.15) is 17.2 Å². The Bertz CT molecular complexity index is 648. The number of hydrogen-bond donors (Lipinski definition) is 1. The van der Waals surface area contributed by atoms with Gasteiger partial charge in [-0.25, -0.2) is 0 Å². The molecule has 0 saturated carbocycles. The van der Waals surface area contributed by atoms with Gasteiger partial charge in [0, 0.05) is 10.0 Å². The second-order valence-electron chi connectivity index (χ2n) is 4.21. The summed E-state index contributed by atoms with van der Waals surface area (Å²) in [6.07, 6.45) is -4.78. The summed E-state index contributed by atoms with van der Waals surface area (Å²) in [5, 5.41) is 0.354. The van der Waals surface area contributed by atoms with Gasteiger partial charge >= 0.3 is 6.36 Å². The number of para-hydroxylation sites is 1. The molecule has 0 radical (unpaired) electrons. The highest BCUT2D eigenvalue weighted by Gasteiger charge is 2.33. The highest BCUT2D eigenvalue weighted by molar-refractivity contribution is 9.10. The van der Waals surface area contributed by atoms with Crippen LogP contribution in [0.25, 0.3) is 0 Å². The smallest absolute Gasteiger partial charge is 0.405 e. The largest absolute Gasteiger partial charge is 0.573 e. The molecule has 0 saturated heterocycles. The fourth-order valence-electron chi connectivity index (χ4n) is 1.88. The number of rotatable bonds is 3. The Labute approximate surface area is 132 Å². The minimum atomic E-state index is -4.78. The van der Waals surface area contributed by atoms with Crippen LogP contribution in [0.4, 0.5) is 13.2 Å². The lowest BCUT2D eigenvalue weighted by atomic mass is 9.99. The van der Waals surface area contributed by atoms with Gasteiger partial charge in [-0.2, -0.15) is 0 Å². The molecule has 1 atom stereocenters. The van der Waals surface area contributed by atoms with Gasteiger partial charge in [0.2, 0.25) is 0 Å². The molecule has 0 aromatic heterocycles. The van der Waals surface area contributed by atoms with Crippen LogP contribution in [0.5, 0.6) is 5.75 Å². The molecule has 0 heterocycles. The van der Waals surface area contributed by atoms with Crippen molar-refractivity contribution in [1.82, 2.24) is 0 Å². The van der Waals surface area contributed by atoms with E-state index < -0.39 is 12.4 Å². The van der Waals surface area contributed by atoms with Crippen molar-refractivity contribution in [3.8, 4) is 5.75 Å². The van der Waals surface area contributed by atoms with Crippen LogP contribution in [0.3, 0.4) is 0 Å². The molecule has 2 rings (SSSR count). The minimum Gasteiger partial charge on any atom is -0.405 e. The molecule has 0 bridgehead atoms. The van der Waals surface area contributed by atoms with E-state index in [1.165, 1.54) is 18.2 Å². The van der Waals surface area contributed by atoms with E-state index in [1.807, 2.05) is 0 Å². The zero-order valence-electron chi connectivity index (χ0n) is 10.5. The van der Waals surface area contributed by atoms with Crippen molar-refractivity contribution in [3.63, 3.8) is 0 Å². The molecule has 2 aromatic rings. The maximum absolute atomic E-state index is 12.4. The average molecular weight is 381 g/mol. The Morgan fingerprint density at radius 2 is 1.67 bits per heavy atom. The second kappa shape index (κ2) is 6.25. The molecule has 0 aliphatic heterocycles. The van der Waals surface area contributed by atoms with Crippen molar-refractivity contribution < 1.29 is 17.9 Å². The monoisotopic (exact) mass is 379 g/mol. The second-order valence-corrected chi connectivity index (χ2v) is 5.44. The summed E-state index contributed by atoms with van der Waals surface area (Å²) in [6.45, 7) is 0. The summed E-state index contributed by atoms with van der Waals surface area (Å²) in [7, 11) is 0. The topological polar surface area (TPSA) is 35.2 Å². The quantitative estimate of drug-likeness (QED) is 0.809. The molecule has 112 valence electrons. The van der Waals surface area contributed by atoms with Crippen LogP contribution in [0.2, 0.25) is 5.02 Å². The van der Waals surface area contributed by atoms with Crippen molar-refractivity contribution in [1.29, 1.82) is 0 Å². The van der Waals surface area contributed by atoms with E-state index in [-0.39, 0.29) is 11.3 Å². The van der Waals surface area contributed by atoms with Crippen molar-refractivity contribution in [3.05, 3.63) is 63.1 Å². The van der Waals surface area contributed by atoms with E-state index in [9.17, 15) is 13.2 Å². The van der Waals surface area contributed by atoms with Crippen LogP contribution >= 0.6 is 27.5 Å². The first kappa shape index (κ1) is 16.1. The van der Waals surface area contributed by atoms with Gasteiger partial charge in [-0.1, -0.05) is 41.9 Å². The standard InChI is InChI=1S/C14H10BrClF3NO/c15-10-6-3-5-9(12(10)16)13(20)8-4-1-2-7-11(8)21-14(17,18)19/h1-7,13H,20H2. The van der Waals surface area contributed by atoms with Crippen LogP contribution < -0.4 is 10.5 Å². The molecule has 0 amide bonds. The first-order valence-electron chi connectivity index (χ1n) is 5.84. The fraction of sp³-hybridized carbons (Fsp3) is 0.143. The van der Waals surface area contributed by atoms with Crippen LogP contribution in [-0.4, -0.2) is 6.36 Å². The minimum absolute atomic E-state index is 0.204. The number of hydrogen-bond acceptors (Lipinski definition) is 2. The number of halogens is 5. The summed E-state index contributed by atoms with van der Waals surface area (Å²) in [6, 6.07) is 9.97. The number of benzene rings is 2. The molecule has 0 aliphatic carbocycles.